The van der Waals surface area contributed by atoms with Crippen LogP contribution in [0.2, 0.25) is 10.0 Å². The number of rotatable bonds is 5. The molecule has 0 aliphatic heterocycles. The van der Waals surface area contributed by atoms with Gasteiger partial charge in [-0.15, -0.1) is 0 Å². The van der Waals surface area contributed by atoms with Gasteiger partial charge in [0.2, 0.25) is 0 Å². The number of halogens is 2. The van der Waals surface area contributed by atoms with Crippen molar-refractivity contribution in [2.45, 2.75) is 32.1 Å². The predicted molar refractivity (Wildman–Crippen MR) is 77.7 cm³/mol. The van der Waals surface area contributed by atoms with Crippen molar-refractivity contribution in [2.24, 2.45) is 11.8 Å². The van der Waals surface area contributed by atoms with E-state index in [0.29, 0.717) is 21.9 Å². The van der Waals surface area contributed by atoms with E-state index in [1.54, 1.807) is 6.07 Å². The lowest BCUT2D eigenvalue weighted by Crippen LogP contribution is -2.06. The third-order valence-electron chi connectivity index (χ3n) is 3.86. The number of methoxy groups -OCH3 is 1. The molecule has 104 valence electrons. The van der Waals surface area contributed by atoms with Gasteiger partial charge in [0.15, 0.2) is 0 Å². The van der Waals surface area contributed by atoms with Gasteiger partial charge in [-0.1, -0.05) is 30.1 Å². The van der Waals surface area contributed by atoms with Crippen molar-refractivity contribution in [3.05, 3.63) is 33.8 Å². The Morgan fingerprint density at radius 2 is 2.00 bits per heavy atom. The molecule has 0 heterocycles. The summed E-state index contributed by atoms with van der Waals surface area (Å²) in [7, 11) is 1.45. The van der Waals surface area contributed by atoms with Crippen molar-refractivity contribution in [3.63, 3.8) is 0 Å². The van der Waals surface area contributed by atoms with E-state index in [9.17, 15) is 4.79 Å². The van der Waals surface area contributed by atoms with Crippen LogP contribution in [0, 0.1) is 11.8 Å². The van der Waals surface area contributed by atoms with E-state index in [1.807, 2.05) is 12.1 Å². The molecule has 0 radical (unpaired) electrons. The Morgan fingerprint density at radius 3 is 2.53 bits per heavy atom. The lowest BCUT2D eigenvalue weighted by Gasteiger charge is -2.16. The Labute approximate surface area is 124 Å². The van der Waals surface area contributed by atoms with Crippen LogP contribution < -0.4 is 0 Å². The molecule has 1 aromatic rings. The van der Waals surface area contributed by atoms with Crippen LogP contribution in [0.4, 0.5) is 0 Å². The first-order valence-electron chi connectivity index (χ1n) is 6.59. The highest BCUT2D eigenvalue weighted by Crippen LogP contribution is 2.46. The third kappa shape index (κ3) is 3.64. The third-order valence-corrected chi connectivity index (χ3v) is 4.30. The molecule has 3 unspecified atom stereocenters. The molecule has 0 N–H and O–H groups in total. The van der Waals surface area contributed by atoms with E-state index in [2.05, 4.69) is 6.92 Å². The fourth-order valence-electron chi connectivity index (χ4n) is 2.66. The summed E-state index contributed by atoms with van der Waals surface area (Å²) in [6.45, 7) is 2.15. The fourth-order valence-corrected chi connectivity index (χ4v) is 3.21. The van der Waals surface area contributed by atoms with Crippen LogP contribution in [0.25, 0.3) is 0 Å². The van der Waals surface area contributed by atoms with E-state index in [1.165, 1.54) is 7.11 Å². The maximum absolute atomic E-state index is 11.4. The predicted octanol–water partition coefficient (Wildman–Crippen LogP) is 4.69. The Kier molecular flexibility index (Phi) is 4.75. The molecular formula is C15H18Cl2O2. The van der Waals surface area contributed by atoms with E-state index < -0.39 is 0 Å². The summed E-state index contributed by atoms with van der Waals surface area (Å²) in [5, 5.41) is 1.34. The van der Waals surface area contributed by atoms with Crippen molar-refractivity contribution in [3.8, 4) is 0 Å². The van der Waals surface area contributed by atoms with Crippen LogP contribution in [0.5, 0.6) is 0 Å². The maximum Gasteiger partial charge on any atom is 0.308 e. The van der Waals surface area contributed by atoms with E-state index >= 15 is 0 Å². The highest BCUT2D eigenvalue weighted by molar-refractivity contribution is 6.34. The minimum absolute atomic E-state index is 0.0796. The van der Waals surface area contributed by atoms with Crippen LogP contribution >= 0.6 is 23.2 Å². The van der Waals surface area contributed by atoms with Gasteiger partial charge in [0.05, 0.1) is 13.0 Å². The molecule has 0 saturated heterocycles. The van der Waals surface area contributed by atoms with Crippen molar-refractivity contribution in [1.29, 1.82) is 0 Å². The Hall–Kier alpha value is -0.730. The van der Waals surface area contributed by atoms with Crippen LogP contribution in [0.1, 0.15) is 37.7 Å². The second-order valence-corrected chi connectivity index (χ2v) is 6.04. The van der Waals surface area contributed by atoms with Gasteiger partial charge in [-0.05, 0) is 54.9 Å². The van der Waals surface area contributed by atoms with Gasteiger partial charge < -0.3 is 4.74 Å². The Morgan fingerprint density at radius 1 is 1.37 bits per heavy atom. The molecule has 1 saturated carbocycles. The molecule has 19 heavy (non-hydrogen) atoms. The Balaban J connectivity index is 2.03. The highest BCUT2D eigenvalue weighted by Gasteiger charge is 2.44. The minimum Gasteiger partial charge on any atom is -0.469 e. The molecule has 4 heteroatoms. The van der Waals surface area contributed by atoms with Gasteiger partial charge in [0, 0.05) is 10.0 Å². The largest absolute Gasteiger partial charge is 0.469 e. The summed E-state index contributed by atoms with van der Waals surface area (Å²) in [6.07, 6.45) is 2.95. The smallest absolute Gasteiger partial charge is 0.308 e. The van der Waals surface area contributed by atoms with Crippen LogP contribution in [0.3, 0.4) is 0 Å². The number of ether oxygens (including phenoxy) is 1. The number of carbonyl (C=O) groups excluding carboxylic acids is 1. The first-order valence-corrected chi connectivity index (χ1v) is 7.34. The van der Waals surface area contributed by atoms with Gasteiger partial charge in [-0.2, -0.15) is 0 Å². The van der Waals surface area contributed by atoms with Crippen LogP contribution in [0.15, 0.2) is 18.2 Å². The van der Waals surface area contributed by atoms with Crippen LogP contribution in [-0.4, -0.2) is 13.1 Å². The summed E-state index contributed by atoms with van der Waals surface area (Å²) >= 11 is 12.1. The van der Waals surface area contributed by atoms with E-state index in [4.69, 9.17) is 27.9 Å². The summed E-state index contributed by atoms with van der Waals surface area (Å²) in [5.41, 5.74) is 1.16. The average molecular weight is 301 g/mol. The number of benzene rings is 1. The minimum atomic E-state index is -0.0796. The molecule has 0 bridgehead atoms. The summed E-state index contributed by atoms with van der Waals surface area (Å²) in [4.78, 5) is 11.4. The van der Waals surface area contributed by atoms with E-state index in [-0.39, 0.29) is 11.9 Å². The van der Waals surface area contributed by atoms with E-state index in [0.717, 1.165) is 24.8 Å². The number of hydrogen-bond acceptors (Lipinski definition) is 2. The summed E-state index contributed by atoms with van der Waals surface area (Å²) < 4.78 is 4.78. The first-order chi connectivity index (χ1) is 9.05. The molecule has 1 aliphatic carbocycles. The zero-order valence-corrected chi connectivity index (χ0v) is 12.7. The summed E-state index contributed by atoms with van der Waals surface area (Å²) in [5.74, 6) is 0.851. The van der Waals surface area contributed by atoms with Gasteiger partial charge in [-0.25, -0.2) is 0 Å². The SMILES string of the molecule is CCC(CC1CC1C(=O)OC)c1cc(Cl)cc(Cl)c1. The maximum atomic E-state index is 11.4. The van der Waals surface area contributed by atoms with Crippen molar-refractivity contribution in [2.75, 3.05) is 7.11 Å². The molecule has 0 spiro atoms. The quantitative estimate of drug-likeness (QED) is 0.738. The van der Waals surface area contributed by atoms with Gasteiger partial charge in [-0.3, -0.25) is 4.79 Å². The monoisotopic (exact) mass is 300 g/mol. The molecule has 2 rings (SSSR count). The second kappa shape index (κ2) is 6.15. The lowest BCUT2D eigenvalue weighted by molar-refractivity contribution is -0.142. The fraction of sp³-hybridized carbons (Fsp3) is 0.533. The van der Waals surface area contributed by atoms with Gasteiger partial charge in [0.25, 0.3) is 0 Å². The zero-order chi connectivity index (χ0) is 14.0. The van der Waals surface area contributed by atoms with Crippen molar-refractivity contribution >= 4 is 29.2 Å². The molecule has 1 aromatic carbocycles. The Bertz CT molecular complexity index is 453. The normalized spacial score (nSPS) is 22.9. The standard InChI is InChI=1S/C15H18Cl2O2/c1-3-9(4-11-7-14(11)15(18)19-2)10-5-12(16)8-13(17)6-10/h5-6,8-9,11,14H,3-4,7H2,1-2H3. The van der Waals surface area contributed by atoms with Crippen LogP contribution in [-0.2, 0) is 9.53 Å². The molecule has 2 nitrogen and oxygen atoms in total. The highest BCUT2D eigenvalue weighted by atomic mass is 35.5. The van der Waals surface area contributed by atoms with Crippen molar-refractivity contribution < 1.29 is 9.53 Å². The molecule has 1 fully saturated rings. The van der Waals surface area contributed by atoms with Gasteiger partial charge >= 0.3 is 5.97 Å². The molecule has 3 atom stereocenters. The number of carbonyl (C=O) groups is 1. The summed E-state index contributed by atoms with van der Waals surface area (Å²) in [6, 6.07) is 5.68. The average Bonchev–Trinajstić information content (AvgIpc) is 3.13. The number of hydrogen-bond donors (Lipinski definition) is 0. The molecule has 0 aromatic heterocycles. The number of esters is 1. The molecule has 1 aliphatic rings. The van der Waals surface area contributed by atoms with Crippen molar-refractivity contribution in [1.82, 2.24) is 0 Å². The topological polar surface area (TPSA) is 26.3 Å². The zero-order valence-electron chi connectivity index (χ0n) is 11.2. The molecular weight excluding hydrogens is 283 g/mol. The second-order valence-electron chi connectivity index (χ2n) is 5.17. The molecule has 0 amide bonds. The first kappa shape index (κ1) is 14.7. The van der Waals surface area contributed by atoms with Gasteiger partial charge in [0.1, 0.15) is 0 Å². The lowest BCUT2D eigenvalue weighted by atomic mass is 9.90.